The highest BCUT2D eigenvalue weighted by Crippen LogP contribution is 2.20. The SMILES string of the molecule is NCCNC(=O)CC(C(=O)O)C(CCNCCNC(=O)C=CC(=O)O)C(=O)O. The predicted octanol–water partition coefficient (Wildman–Crippen LogP) is -2.41. The average molecular weight is 402 g/mol. The zero-order valence-corrected chi connectivity index (χ0v) is 15.2. The first-order valence-corrected chi connectivity index (χ1v) is 8.51. The largest absolute Gasteiger partial charge is 0.481 e. The molecule has 2 atom stereocenters. The first kappa shape index (κ1) is 25.0. The van der Waals surface area contributed by atoms with E-state index in [0.717, 1.165) is 6.08 Å². The summed E-state index contributed by atoms with van der Waals surface area (Å²) in [5, 5.41) is 34.6. The van der Waals surface area contributed by atoms with Gasteiger partial charge in [0.25, 0.3) is 0 Å². The van der Waals surface area contributed by atoms with Crippen LogP contribution in [0.3, 0.4) is 0 Å². The van der Waals surface area contributed by atoms with E-state index < -0.39 is 48.0 Å². The highest BCUT2D eigenvalue weighted by Gasteiger charge is 2.34. The van der Waals surface area contributed by atoms with Gasteiger partial charge in [0, 0.05) is 44.8 Å². The van der Waals surface area contributed by atoms with Gasteiger partial charge in [-0.1, -0.05) is 0 Å². The number of carbonyl (C=O) groups is 5. The molecule has 8 N–H and O–H groups in total. The second-order valence-corrected chi connectivity index (χ2v) is 5.73. The molecule has 12 heteroatoms. The molecule has 0 fully saturated rings. The Morgan fingerprint density at radius 1 is 0.821 bits per heavy atom. The summed E-state index contributed by atoms with van der Waals surface area (Å²) in [4.78, 5) is 56.0. The van der Waals surface area contributed by atoms with Gasteiger partial charge >= 0.3 is 17.9 Å². The second-order valence-electron chi connectivity index (χ2n) is 5.73. The monoisotopic (exact) mass is 402 g/mol. The van der Waals surface area contributed by atoms with E-state index in [2.05, 4.69) is 16.0 Å². The van der Waals surface area contributed by atoms with Crippen molar-refractivity contribution in [2.24, 2.45) is 17.6 Å². The van der Waals surface area contributed by atoms with Crippen LogP contribution in [-0.2, 0) is 24.0 Å². The van der Waals surface area contributed by atoms with Crippen LogP contribution in [0.25, 0.3) is 0 Å². The summed E-state index contributed by atoms with van der Waals surface area (Å²) in [6, 6.07) is 0. The summed E-state index contributed by atoms with van der Waals surface area (Å²) in [6.45, 7) is 0.903. The van der Waals surface area contributed by atoms with Gasteiger partial charge in [0.1, 0.15) is 0 Å². The molecule has 0 bridgehead atoms. The number of hydrogen-bond acceptors (Lipinski definition) is 7. The molecule has 2 amide bonds. The van der Waals surface area contributed by atoms with Crippen molar-refractivity contribution in [2.75, 3.05) is 32.7 Å². The van der Waals surface area contributed by atoms with Crippen LogP contribution in [-0.4, -0.2) is 77.8 Å². The van der Waals surface area contributed by atoms with Crippen LogP contribution in [0.5, 0.6) is 0 Å². The van der Waals surface area contributed by atoms with Gasteiger partial charge in [-0.25, -0.2) is 4.79 Å². The Morgan fingerprint density at radius 3 is 2.00 bits per heavy atom. The van der Waals surface area contributed by atoms with Gasteiger partial charge in [-0.15, -0.1) is 0 Å². The van der Waals surface area contributed by atoms with Crippen LogP contribution >= 0.6 is 0 Å². The predicted molar refractivity (Wildman–Crippen MR) is 96.2 cm³/mol. The van der Waals surface area contributed by atoms with Crippen LogP contribution in [0.15, 0.2) is 12.2 Å². The molecular formula is C16H26N4O8. The van der Waals surface area contributed by atoms with Crippen molar-refractivity contribution in [1.82, 2.24) is 16.0 Å². The van der Waals surface area contributed by atoms with E-state index in [-0.39, 0.29) is 39.1 Å². The molecule has 0 saturated heterocycles. The highest BCUT2D eigenvalue weighted by atomic mass is 16.4. The van der Waals surface area contributed by atoms with E-state index in [9.17, 15) is 34.2 Å². The summed E-state index contributed by atoms with van der Waals surface area (Å²) in [5.74, 6) is -7.81. The molecule has 0 aliphatic heterocycles. The lowest BCUT2D eigenvalue weighted by Gasteiger charge is -2.20. The van der Waals surface area contributed by atoms with Crippen molar-refractivity contribution in [2.45, 2.75) is 12.8 Å². The highest BCUT2D eigenvalue weighted by molar-refractivity contribution is 5.93. The van der Waals surface area contributed by atoms with Crippen LogP contribution < -0.4 is 21.7 Å². The summed E-state index contributed by atoms with van der Waals surface area (Å²) in [7, 11) is 0. The molecule has 0 aromatic rings. The first-order chi connectivity index (χ1) is 13.2. The molecule has 158 valence electrons. The first-order valence-electron chi connectivity index (χ1n) is 8.51. The summed E-state index contributed by atoms with van der Waals surface area (Å²) < 4.78 is 0. The van der Waals surface area contributed by atoms with Gasteiger partial charge in [-0.05, 0) is 13.0 Å². The molecule has 0 heterocycles. The minimum absolute atomic E-state index is 0.0384. The smallest absolute Gasteiger partial charge is 0.328 e. The molecule has 0 aromatic heterocycles. The number of carboxylic acids is 3. The van der Waals surface area contributed by atoms with E-state index in [1.807, 2.05) is 0 Å². The Labute approximate surface area is 161 Å². The number of nitrogens with one attached hydrogen (secondary N) is 3. The zero-order chi connectivity index (χ0) is 21.5. The zero-order valence-electron chi connectivity index (χ0n) is 15.2. The number of hydrogen-bond donors (Lipinski definition) is 7. The fourth-order valence-electron chi connectivity index (χ4n) is 2.24. The Kier molecular flexibility index (Phi) is 12.6. The van der Waals surface area contributed by atoms with Crippen LogP contribution in [0.2, 0.25) is 0 Å². The molecule has 28 heavy (non-hydrogen) atoms. The number of rotatable bonds is 15. The Morgan fingerprint density at radius 2 is 1.46 bits per heavy atom. The van der Waals surface area contributed by atoms with E-state index in [0.29, 0.717) is 6.08 Å². The Hall–Kier alpha value is -2.99. The fourth-order valence-corrected chi connectivity index (χ4v) is 2.24. The number of aliphatic carboxylic acids is 3. The van der Waals surface area contributed by atoms with Crippen LogP contribution in [0.1, 0.15) is 12.8 Å². The minimum Gasteiger partial charge on any atom is -0.481 e. The van der Waals surface area contributed by atoms with Crippen molar-refractivity contribution >= 4 is 29.7 Å². The van der Waals surface area contributed by atoms with Gasteiger partial charge in [-0.3, -0.25) is 19.2 Å². The lowest BCUT2D eigenvalue weighted by Crippen LogP contribution is -2.38. The van der Waals surface area contributed by atoms with Crippen molar-refractivity contribution in [1.29, 1.82) is 0 Å². The molecule has 0 saturated carbocycles. The molecule has 12 nitrogen and oxygen atoms in total. The topological polar surface area (TPSA) is 208 Å². The van der Waals surface area contributed by atoms with Crippen molar-refractivity contribution in [3.63, 3.8) is 0 Å². The van der Waals surface area contributed by atoms with Crippen molar-refractivity contribution in [3.05, 3.63) is 12.2 Å². The molecule has 0 aliphatic carbocycles. The van der Waals surface area contributed by atoms with Gasteiger partial charge in [0.2, 0.25) is 11.8 Å². The van der Waals surface area contributed by atoms with Gasteiger partial charge in [0.05, 0.1) is 11.8 Å². The van der Waals surface area contributed by atoms with E-state index >= 15 is 0 Å². The molecule has 0 aliphatic rings. The Bertz CT molecular complexity index is 593. The summed E-state index contributed by atoms with van der Waals surface area (Å²) >= 11 is 0. The van der Waals surface area contributed by atoms with Crippen molar-refractivity contribution in [3.8, 4) is 0 Å². The maximum absolute atomic E-state index is 11.7. The summed E-state index contributed by atoms with van der Waals surface area (Å²) in [6.07, 6.45) is 1.04. The van der Waals surface area contributed by atoms with Crippen molar-refractivity contribution < 1.29 is 39.3 Å². The third kappa shape index (κ3) is 11.6. The Balaban J connectivity index is 4.42. The third-order valence-corrected chi connectivity index (χ3v) is 3.60. The van der Waals surface area contributed by atoms with E-state index in [4.69, 9.17) is 10.8 Å². The normalized spacial score (nSPS) is 12.9. The molecule has 0 spiro atoms. The van der Waals surface area contributed by atoms with Crippen LogP contribution in [0.4, 0.5) is 0 Å². The molecule has 0 aromatic carbocycles. The number of carboxylic acid groups (broad SMARTS) is 3. The maximum atomic E-state index is 11.7. The summed E-state index contributed by atoms with van der Waals surface area (Å²) in [5.41, 5.74) is 5.24. The molecular weight excluding hydrogens is 376 g/mol. The van der Waals surface area contributed by atoms with E-state index in [1.54, 1.807) is 0 Å². The lowest BCUT2D eigenvalue weighted by molar-refractivity contribution is -0.155. The molecule has 0 radical (unpaired) electrons. The minimum atomic E-state index is -1.39. The second kappa shape index (κ2) is 14.1. The lowest BCUT2D eigenvalue weighted by atomic mass is 9.86. The molecule has 0 rings (SSSR count). The fraction of sp³-hybridized carbons (Fsp3) is 0.562. The third-order valence-electron chi connectivity index (χ3n) is 3.60. The van der Waals surface area contributed by atoms with Crippen LogP contribution in [0, 0.1) is 11.8 Å². The number of amides is 2. The maximum Gasteiger partial charge on any atom is 0.328 e. The average Bonchev–Trinajstić information content (AvgIpc) is 2.62. The standard InChI is InChI=1S/C16H26N4O8/c17-4-6-19-13(22)9-11(16(27)28)10(15(25)26)3-5-18-7-8-20-12(21)1-2-14(23)24/h1-2,10-11,18H,3-9,17H2,(H,19,22)(H,20,21)(H,23,24)(H,25,26)(H,27,28). The van der Waals surface area contributed by atoms with Gasteiger partial charge in [-0.2, -0.15) is 0 Å². The number of carbonyl (C=O) groups excluding carboxylic acids is 2. The molecule has 2 unspecified atom stereocenters. The van der Waals surface area contributed by atoms with Gasteiger partial charge < -0.3 is 37.0 Å². The number of nitrogens with two attached hydrogens (primary N) is 1. The quantitative estimate of drug-likeness (QED) is 0.114. The van der Waals surface area contributed by atoms with Gasteiger partial charge in [0.15, 0.2) is 0 Å². The van der Waals surface area contributed by atoms with E-state index in [1.165, 1.54) is 0 Å².